The van der Waals surface area contributed by atoms with Gasteiger partial charge in [0.2, 0.25) is 11.6 Å². The average Bonchev–Trinajstić information content (AvgIpc) is 3.11. The van der Waals surface area contributed by atoms with Gasteiger partial charge in [0.05, 0.1) is 16.1 Å². The normalized spacial score (nSPS) is 13.7. The van der Waals surface area contributed by atoms with Crippen LogP contribution in [0.15, 0.2) is 48.2 Å². The molecule has 33 heavy (non-hydrogen) atoms. The third-order valence-electron chi connectivity index (χ3n) is 4.73. The summed E-state index contributed by atoms with van der Waals surface area (Å²) < 4.78 is 78.0. The molecule has 0 aliphatic carbocycles. The second-order valence-corrected chi connectivity index (χ2v) is 6.78. The number of non-ortho nitro benzene ring substituents is 1. The zero-order chi connectivity index (χ0) is 23.9. The minimum Gasteiger partial charge on any atom is -0.489 e. The largest absolute Gasteiger partial charge is 0.489 e. The summed E-state index contributed by atoms with van der Waals surface area (Å²) in [5, 5.41) is 10.7. The van der Waals surface area contributed by atoms with Crippen molar-refractivity contribution in [1.29, 1.82) is 0 Å². The number of hydrogen-bond donors (Lipinski definition) is 0. The Labute approximate surface area is 181 Å². The summed E-state index contributed by atoms with van der Waals surface area (Å²) in [7, 11) is 0. The van der Waals surface area contributed by atoms with Crippen LogP contribution in [0.2, 0.25) is 0 Å². The molecular weight excluding hydrogens is 453 g/mol. The van der Waals surface area contributed by atoms with E-state index in [2.05, 4.69) is 0 Å². The number of carbonyl (C=O) groups excluding carboxylic acids is 1. The van der Waals surface area contributed by atoms with Gasteiger partial charge in [-0.1, -0.05) is 0 Å². The fourth-order valence-corrected chi connectivity index (χ4v) is 3.03. The number of nitro groups is 1. The van der Waals surface area contributed by atoms with Crippen molar-refractivity contribution in [3.8, 4) is 11.5 Å². The summed E-state index contributed by atoms with van der Waals surface area (Å²) in [5.41, 5.74) is -0.677. The molecule has 3 aromatic rings. The third-order valence-corrected chi connectivity index (χ3v) is 4.73. The van der Waals surface area contributed by atoms with Crippen LogP contribution in [-0.4, -0.2) is 10.7 Å². The van der Waals surface area contributed by atoms with E-state index >= 15 is 0 Å². The first-order valence-electron chi connectivity index (χ1n) is 9.13. The fourth-order valence-electron chi connectivity index (χ4n) is 3.03. The first-order chi connectivity index (χ1) is 15.7. The Hall–Kier alpha value is -4.28. The van der Waals surface area contributed by atoms with Crippen LogP contribution in [0.4, 0.5) is 27.6 Å². The smallest absolute Gasteiger partial charge is 0.269 e. The van der Waals surface area contributed by atoms with Gasteiger partial charge in [-0.25, -0.2) is 22.0 Å². The van der Waals surface area contributed by atoms with Gasteiger partial charge in [-0.3, -0.25) is 14.9 Å². The molecule has 11 heteroatoms. The van der Waals surface area contributed by atoms with Crippen molar-refractivity contribution in [3.63, 3.8) is 0 Å². The van der Waals surface area contributed by atoms with Crippen molar-refractivity contribution < 1.29 is 41.1 Å². The molecule has 0 radical (unpaired) electrons. The van der Waals surface area contributed by atoms with Crippen molar-refractivity contribution in [2.45, 2.75) is 6.61 Å². The zero-order valence-corrected chi connectivity index (χ0v) is 16.2. The number of fused-ring (bicyclic) bond motifs is 1. The van der Waals surface area contributed by atoms with Crippen LogP contribution in [-0.2, 0) is 6.61 Å². The second kappa shape index (κ2) is 8.34. The molecule has 0 N–H and O–H groups in total. The van der Waals surface area contributed by atoms with E-state index in [1.54, 1.807) is 0 Å². The van der Waals surface area contributed by atoms with Crippen molar-refractivity contribution in [3.05, 3.63) is 104 Å². The van der Waals surface area contributed by atoms with Gasteiger partial charge >= 0.3 is 0 Å². The maximum absolute atomic E-state index is 13.8. The number of halogens is 5. The number of Topliss-reactive ketones (excluding diaryl/α,β-unsaturated/α-hetero) is 1. The topological polar surface area (TPSA) is 78.7 Å². The molecule has 0 aromatic heterocycles. The molecule has 0 saturated heterocycles. The first-order valence-corrected chi connectivity index (χ1v) is 9.13. The Morgan fingerprint density at radius 2 is 1.52 bits per heavy atom. The Bertz CT molecular complexity index is 1310. The maximum Gasteiger partial charge on any atom is 0.269 e. The second-order valence-electron chi connectivity index (χ2n) is 6.78. The summed E-state index contributed by atoms with van der Waals surface area (Å²) in [5.74, 6) is -11.0. The van der Waals surface area contributed by atoms with Gasteiger partial charge in [0.25, 0.3) is 5.69 Å². The number of ether oxygens (including phenoxy) is 2. The number of benzene rings is 3. The lowest BCUT2D eigenvalue weighted by Gasteiger charge is -2.10. The van der Waals surface area contributed by atoms with E-state index in [4.69, 9.17) is 9.47 Å². The molecule has 1 aliphatic heterocycles. The van der Waals surface area contributed by atoms with Gasteiger partial charge in [-0.05, 0) is 35.9 Å². The number of nitrogens with zero attached hydrogens (tertiary/aromatic N) is 1. The molecule has 4 rings (SSSR count). The number of rotatable bonds is 5. The van der Waals surface area contributed by atoms with Crippen LogP contribution >= 0.6 is 0 Å². The molecule has 168 valence electrons. The zero-order valence-electron chi connectivity index (χ0n) is 16.2. The van der Waals surface area contributed by atoms with Gasteiger partial charge in [0.1, 0.15) is 18.1 Å². The fraction of sp³-hybridized carbons (Fsp3) is 0.0455. The molecule has 0 bridgehead atoms. The average molecular weight is 463 g/mol. The molecule has 0 spiro atoms. The molecule has 6 nitrogen and oxygen atoms in total. The Kier molecular flexibility index (Phi) is 5.54. The number of hydrogen-bond acceptors (Lipinski definition) is 5. The van der Waals surface area contributed by atoms with Crippen LogP contribution in [0.3, 0.4) is 0 Å². The number of carbonyl (C=O) groups is 1. The van der Waals surface area contributed by atoms with Crippen molar-refractivity contribution in [1.82, 2.24) is 0 Å². The molecule has 0 atom stereocenters. The predicted octanol–water partition coefficient (Wildman–Crippen LogP) is 5.49. The van der Waals surface area contributed by atoms with Crippen molar-refractivity contribution in [2.75, 3.05) is 0 Å². The maximum atomic E-state index is 13.8. The Morgan fingerprint density at radius 1 is 0.909 bits per heavy atom. The Morgan fingerprint density at radius 3 is 2.12 bits per heavy atom. The molecule has 0 amide bonds. The van der Waals surface area contributed by atoms with E-state index in [1.807, 2.05) is 0 Å². The predicted molar refractivity (Wildman–Crippen MR) is 103 cm³/mol. The van der Waals surface area contributed by atoms with Gasteiger partial charge in [-0.15, -0.1) is 0 Å². The van der Waals surface area contributed by atoms with E-state index in [9.17, 15) is 36.9 Å². The van der Waals surface area contributed by atoms with E-state index in [0.29, 0.717) is 5.56 Å². The van der Waals surface area contributed by atoms with E-state index in [0.717, 1.165) is 0 Å². The molecule has 0 unspecified atom stereocenters. The Balaban J connectivity index is 1.54. The van der Waals surface area contributed by atoms with Crippen LogP contribution in [0.5, 0.6) is 11.5 Å². The standard InChI is InChI=1S/C22H10F5NO5/c23-17-14(18(24)20(26)21(27)19(17)25)9-32-12-5-6-13-15(8-12)33-16(22(13)29)7-10-1-3-11(4-2-10)28(30)31/h1-8H,9H2. The van der Waals surface area contributed by atoms with Gasteiger partial charge < -0.3 is 9.47 Å². The van der Waals surface area contributed by atoms with E-state index in [-0.39, 0.29) is 28.5 Å². The molecule has 1 aliphatic rings. The van der Waals surface area contributed by atoms with Crippen LogP contribution in [0.1, 0.15) is 21.5 Å². The van der Waals surface area contributed by atoms with Gasteiger partial charge in [-0.2, -0.15) is 0 Å². The van der Waals surface area contributed by atoms with Crippen molar-refractivity contribution >= 4 is 17.5 Å². The minimum atomic E-state index is -2.27. The summed E-state index contributed by atoms with van der Waals surface area (Å²) in [6.45, 7) is -0.968. The monoisotopic (exact) mass is 463 g/mol. The summed E-state index contributed by atoms with van der Waals surface area (Å²) in [4.78, 5) is 22.7. The molecule has 0 fully saturated rings. The molecule has 3 aromatic carbocycles. The number of nitro benzene ring substituents is 1. The van der Waals surface area contributed by atoms with Crippen LogP contribution < -0.4 is 9.47 Å². The van der Waals surface area contributed by atoms with Crippen molar-refractivity contribution in [2.24, 2.45) is 0 Å². The quantitative estimate of drug-likeness (QED) is 0.125. The van der Waals surface area contributed by atoms with Crippen LogP contribution in [0, 0.1) is 39.2 Å². The summed E-state index contributed by atoms with van der Waals surface area (Å²) in [6, 6.07) is 9.14. The highest BCUT2D eigenvalue weighted by Gasteiger charge is 2.29. The van der Waals surface area contributed by atoms with Gasteiger partial charge in [0.15, 0.2) is 29.0 Å². The lowest BCUT2D eigenvalue weighted by Crippen LogP contribution is -2.09. The van der Waals surface area contributed by atoms with Crippen LogP contribution in [0.25, 0.3) is 6.08 Å². The minimum absolute atomic E-state index is 0.0445. The van der Waals surface area contributed by atoms with E-state index < -0.39 is 52.0 Å². The molecule has 1 heterocycles. The van der Waals surface area contributed by atoms with E-state index in [1.165, 1.54) is 48.5 Å². The highest BCUT2D eigenvalue weighted by molar-refractivity contribution is 6.14. The number of allylic oxidation sites excluding steroid dienone is 1. The van der Waals surface area contributed by atoms with Gasteiger partial charge in [0, 0.05) is 18.2 Å². The third kappa shape index (κ3) is 4.00. The molecular formula is C22H10F5NO5. The lowest BCUT2D eigenvalue weighted by atomic mass is 10.1. The summed E-state index contributed by atoms with van der Waals surface area (Å²) in [6.07, 6.45) is 1.36. The SMILES string of the molecule is O=C1C(=Cc2ccc([N+](=O)[O-])cc2)Oc2cc(OCc3c(F)c(F)c(F)c(F)c3F)ccc21. The number of ketones is 1. The summed E-state index contributed by atoms with van der Waals surface area (Å²) >= 11 is 0. The lowest BCUT2D eigenvalue weighted by molar-refractivity contribution is -0.384. The highest BCUT2D eigenvalue weighted by atomic mass is 19.2. The highest BCUT2D eigenvalue weighted by Crippen LogP contribution is 2.35. The molecule has 0 saturated carbocycles. The first kappa shape index (κ1) is 21.9.